The average molecular weight is 365 g/mol. The third-order valence-electron chi connectivity index (χ3n) is 5.09. The lowest BCUT2D eigenvalue weighted by atomic mass is 9.87. The van der Waals surface area contributed by atoms with Gasteiger partial charge in [0.2, 0.25) is 5.91 Å². The zero-order chi connectivity index (χ0) is 17.6. The second-order valence-electron chi connectivity index (χ2n) is 6.88. The lowest BCUT2D eigenvalue weighted by Crippen LogP contribution is -2.52. The first-order valence-electron chi connectivity index (χ1n) is 9.08. The number of carbonyl (C=O) groups excluding carboxylic acids is 2. The Bertz CT molecular complexity index is 616. The summed E-state index contributed by atoms with van der Waals surface area (Å²) in [6.45, 7) is 0.536. The average Bonchev–Trinajstić information content (AvgIpc) is 2.63. The Morgan fingerprint density at radius 3 is 2.76 bits per heavy atom. The van der Waals surface area contributed by atoms with Crippen molar-refractivity contribution in [2.45, 2.75) is 50.7 Å². The number of hydrogen-bond acceptors (Lipinski definition) is 3. The van der Waals surface area contributed by atoms with E-state index in [0.29, 0.717) is 23.0 Å². The topological polar surface area (TPSA) is 67.4 Å². The molecule has 5 nitrogen and oxygen atoms in total. The quantitative estimate of drug-likeness (QED) is 0.844. The Hall–Kier alpha value is -1.59. The smallest absolute Gasteiger partial charge is 0.251 e. The minimum Gasteiger partial charge on any atom is -0.356 e. The van der Waals surface area contributed by atoms with E-state index in [1.54, 1.807) is 6.07 Å². The number of benzene rings is 1. The number of ether oxygens (including phenoxy) is 1. The van der Waals surface area contributed by atoms with Gasteiger partial charge in [0.15, 0.2) is 6.10 Å². The number of amides is 2. The van der Waals surface area contributed by atoms with Crippen LogP contribution in [-0.4, -0.2) is 31.1 Å². The largest absolute Gasteiger partial charge is 0.356 e. The molecule has 1 heterocycles. The van der Waals surface area contributed by atoms with Crippen molar-refractivity contribution in [3.8, 4) is 0 Å². The molecule has 6 heteroatoms. The lowest BCUT2D eigenvalue weighted by molar-refractivity contribution is -0.148. The van der Waals surface area contributed by atoms with Crippen LogP contribution < -0.4 is 10.6 Å². The second-order valence-corrected chi connectivity index (χ2v) is 7.29. The fourth-order valence-electron chi connectivity index (χ4n) is 3.72. The SMILES string of the molecule is O=C1CO[C@H](C(=O)NCCC2CCCCC2)[C@@H](c2ccccc2Cl)N1. The predicted molar refractivity (Wildman–Crippen MR) is 96.3 cm³/mol. The molecule has 2 amide bonds. The van der Waals surface area contributed by atoms with Crippen LogP contribution in [0.15, 0.2) is 24.3 Å². The molecule has 1 saturated heterocycles. The van der Waals surface area contributed by atoms with E-state index in [1.807, 2.05) is 18.2 Å². The van der Waals surface area contributed by atoms with Crippen molar-refractivity contribution in [3.63, 3.8) is 0 Å². The summed E-state index contributed by atoms with van der Waals surface area (Å²) in [6.07, 6.45) is 6.68. The number of carbonyl (C=O) groups is 2. The highest BCUT2D eigenvalue weighted by atomic mass is 35.5. The molecule has 2 N–H and O–H groups in total. The van der Waals surface area contributed by atoms with Gasteiger partial charge in [-0.05, 0) is 24.0 Å². The molecule has 136 valence electrons. The van der Waals surface area contributed by atoms with Crippen LogP contribution in [0.1, 0.15) is 50.1 Å². The standard InChI is InChI=1S/C19H25ClN2O3/c20-15-9-5-4-8-14(15)17-18(25-12-16(23)22-17)19(24)21-11-10-13-6-2-1-3-7-13/h4-5,8-9,13,17-18H,1-3,6-7,10-12H2,(H,21,24)(H,22,23)/t17-,18+/m1/s1. The van der Waals surface area contributed by atoms with E-state index < -0.39 is 12.1 Å². The van der Waals surface area contributed by atoms with Crippen molar-refractivity contribution < 1.29 is 14.3 Å². The van der Waals surface area contributed by atoms with Crippen LogP contribution in [0.25, 0.3) is 0 Å². The molecule has 1 aliphatic heterocycles. The molecule has 0 bridgehead atoms. The van der Waals surface area contributed by atoms with E-state index in [4.69, 9.17) is 16.3 Å². The molecule has 1 aromatic rings. The van der Waals surface area contributed by atoms with E-state index in [9.17, 15) is 9.59 Å². The molecular weight excluding hydrogens is 340 g/mol. The van der Waals surface area contributed by atoms with Crippen LogP contribution in [0.3, 0.4) is 0 Å². The van der Waals surface area contributed by atoms with Crippen LogP contribution in [0.5, 0.6) is 0 Å². The van der Waals surface area contributed by atoms with Gasteiger partial charge >= 0.3 is 0 Å². The molecule has 0 spiro atoms. The summed E-state index contributed by atoms with van der Waals surface area (Å²) >= 11 is 6.24. The summed E-state index contributed by atoms with van der Waals surface area (Å²) in [7, 11) is 0. The Morgan fingerprint density at radius 1 is 1.24 bits per heavy atom. The van der Waals surface area contributed by atoms with Gasteiger partial charge < -0.3 is 15.4 Å². The molecule has 3 rings (SSSR count). The van der Waals surface area contributed by atoms with Crippen molar-refractivity contribution in [3.05, 3.63) is 34.9 Å². The molecule has 25 heavy (non-hydrogen) atoms. The van der Waals surface area contributed by atoms with Crippen molar-refractivity contribution in [1.82, 2.24) is 10.6 Å². The van der Waals surface area contributed by atoms with E-state index in [-0.39, 0.29) is 18.4 Å². The zero-order valence-electron chi connectivity index (χ0n) is 14.3. The Labute approximate surface area is 153 Å². The van der Waals surface area contributed by atoms with Crippen molar-refractivity contribution in [2.75, 3.05) is 13.2 Å². The van der Waals surface area contributed by atoms with Crippen molar-refractivity contribution in [1.29, 1.82) is 0 Å². The van der Waals surface area contributed by atoms with E-state index >= 15 is 0 Å². The fourth-order valence-corrected chi connectivity index (χ4v) is 3.98. The van der Waals surface area contributed by atoms with Gasteiger partial charge in [-0.15, -0.1) is 0 Å². The van der Waals surface area contributed by atoms with Crippen LogP contribution in [0.2, 0.25) is 5.02 Å². The molecule has 0 aromatic heterocycles. The molecule has 2 aliphatic rings. The number of nitrogens with one attached hydrogen (secondary N) is 2. The molecule has 0 radical (unpaired) electrons. The normalized spacial score (nSPS) is 24.6. The maximum atomic E-state index is 12.6. The Balaban J connectivity index is 1.60. The predicted octanol–water partition coefficient (Wildman–Crippen LogP) is 2.98. The van der Waals surface area contributed by atoms with Crippen LogP contribution >= 0.6 is 11.6 Å². The summed E-state index contributed by atoms with van der Waals surface area (Å²) in [6, 6.07) is 6.64. The summed E-state index contributed by atoms with van der Waals surface area (Å²) in [5.41, 5.74) is 0.699. The van der Waals surface area contributed by atoms with E-state index in [0.717, 1.165) is 6.42 Å². The molecule has 1 saturated carbocycles. The summed E-state index contributed by atoms with van der Waals surface area (Å²) in [5, 5.41) is 6.32. The number of morpholine rings is 1. The van der Waals surface area contributed by atoms with Crippen LogP contribution in [-0.2, 0) is 14.3 Å². The Morgan fingerprint density at radius 2 is 2.00 bits per heavy atom. The van der Waals surface area contributed by atoms with E-state index in [2.05, 4.69) is 10.6 Å². The van der Waals surface area contributed by atoms with Gasteiger partial charge in [-0.3, -0.25) is 9.59 Å². The summed E-state index contributed by atoms with van der Waals surface area (Å²) < 4.78 is 5.53. The van der Waals surface area contributed by atoms with Gasteiger partial charge in [-0.2, -0.15) is 0 Å². The highest BCUT2D eigenvalue weighted by Gasteiger charge is 2.36. The first-order valence-corrected chi connectivity index (χ1v) is 9.46. The number of rotatable bonds is 5. The fraction of sp³-hybridized carbons (Fsp3) is 0.579. The Kier molecular flexibility index (Phi) is 6.32. The maximum absolute atomic E-state index is 12.6. The van der Waals surface area contributed by atoms with Gasteiger partial charge in [0.25, 0.3) is 5.91 Å². The van der Waals surface area contributed by atoms with Gasteiger partial charge in [0.05, 0.1) is 6.04 Å². The highest BCUT2D eigenvalue weighted by molar-refractivity contribution is 6.31. The maximum Gasteiger partial charge on any atom is 0.251 e. The highest BCUT2D eigenvalue weighted by Crippen LogP contribution is 2.29. The molecule has 2 atom stereocenters. The van der Waals surface area contributed by atoms with Gasteiger partial charge in [0.1, 0.15) is 6.61 Å². The third kappa shape index (κ3) is 4.73. The van der Waals surface area contributed by atoms with Crippen LogP contribution in [0, 0.1) is 5.92 Å². The second kappa shape index (κ2) is 8.68. The minimum absolute atomic E-state index is 0.109. The van der Waals surface area contributed by atoms with Gasteiger partial charge in [0, 0.05) is 11.6 Å². The van der Waals surface area contributed by atoms with E-state index in [1.165, 1.54) is 32.1 Å². The first-order chi connectivity index (χ1) is 12.1. The van der Waals surface area contributed by atoms with Crippen molar-refractivity contribution >= 4 is 23.4 Å². The van der Waals surface area contributed by atoms with Gasteiger partial charge in [-0.25, -0.2) is 0 Å². The molecule has 1 aliphatic carbocycles. The lowest BCUT2D eigenvalue weighted by Gasteiger charge is -2.32. The van der Waals surface area contributed by atoms with Crippen LogP contribution in [0.4, 0.5) is 0 Å². The molecule has 0 unspecified atom stereocenters. The van der Waals surface area contributed by atoms with Gasteiger partial charge in [-0.1, -0.05) is 61.9 Å². The molecule has 2 fully saturated rings. The zero-order valence-corrected chi connectivity index (χ0v) is 15.1. The third-order valence-corrected chi connectivity index (χ3v) is 5.43. The minimum atomic E-state index is -0.760. The summed E-state index contributed by atoms with van der Waals surface area (Å²) in [4.78, 5) is 24.3. The number of hydrogen-bond donors (Lipinski definition) is 2. The molecular formula is C19H25ClN2O3. The van der Waals surface area contributed by atoms with Crippen molar-refractivity contribution in [2.24, 2.45) is 5.92 Å². The first kappa shape index (κ1) is 18.2. The molecule has 1 aromatic carbocycles. The number of halogens is 1. The monoisotopic (exact) mass is 364 g/mol. The summed E-state index contributed by atoms with van der Waals surface area (Å²) in [5.74, 6) is 0.275.